The van der Waals surface area contributed by atoms with E-state index in [1.54, 1.807) is 0 Å². The number of nitrogens with zero attached hydrogens (tertiary/aromatic N) is 1. The van der Waals surface area contributed by atoms with Crippen LogP contribution in [0.15, 0.2) is 60.7 Å². The molecule has 4 rings (SSSR count). The monoisotopic (exact) mass is 300 g/mol. The molecular formula is C21H20N2. The number of rotatable bonds is 4. The SMILES string of the molecule is CCCCNc1c2ccccc2nc2c1ccc1ccccc12. The molecule has 0 fully saturated rings. The molecule has 2 nitrogen and oxygen atoms in total. The van der Waals surface area contributed by atoms with Gasteiger partial charge in [-0.2, -0.15) is 0 Å². The summed E-state index contributed by atoms with van der Waals surface area (Å²) in [4.78, 5) is 4.95. The highest BCUT2D eigenvalue weighted by molar-refractivity contribution is 6.15. The summed E-state index contributed by atoms with van der Waals surface area (Å²) in [7, 11) is 0. The molecule has 4 aromatic rings. The fourth-order valence-corrected chi connectivity index (χ4v) is 3.21. The molecule has 1 N–H and O–H groups in total. The van der Waals surface area contributed by atoms with Gasteiger partial charge in [-0.25, -0.2) is 4.98 Å². The Morgan fingerprint density at radius 1 is 0.826 bits per heavy atom. The van der Waals surface area contributed by atoms with Crippen LogP contribution in [0.1, 0.15) is 19.8 Å². The summed E-state index contributed by atoms with van der Waals surface area (Å²) in [6, 6.07) is 21.3. The highest BCUT2D eigenvalue weighted by Gasteiger charge is 2.10. The second-order valence-corrected chi connectivity index (χ2v) is 5.97. The van der Waals surface area contributed by atoms with E-state index in [1.807, 2.05) is 0 Å². The van der Waals surface area contributed by atoms with Crippen LogP contribution in [0, 0.1) is 0 Å². The van der Waals surface area contributed by atoms with Gasteiger partial charge < -0.3 is 5.32 Å². The van der Waals surface area contributed by atoms with Gasteiger partial charge in [0.25, 0.3) is 0 Å². The van der Waals surface area contributed by atoms with Crippen molar-refractivity contribution in [3.63, 3.8) is 0 Å². The Bertz CT molecular complexity index is 989. The van der Waals surface area contributed by atoms with Gasteiger partial charge in [0.2, 0.25) is 0 Å². The number of para-hydroxylation sites is 1. The summed E-state index contributed by atoms with van der Waals surface area (Å²) in [5, 5.41) is 8.52. The van der Waals surface area contributed by atoms with E-state index in [4.69, 9.17) is 4.98 Å². The predicted molar refractivity (Wildman–Crippen MR) is 100 cm³/mol. The Labute approximate surface area is 136 Å². The van der Waals surface area contributed by atoms with Crippen LogP contribution < -0.4 is 5.32 Å². The van der Waals surface area contributed by atoms with Gasteiger partial charge in [0.05, 0.1) is 16.7 Å². The average molecular weight is 300 g/mol. The van der Waals surface area contributed by atoms with E-state index in [1.165, 1.54) is 40.1 Å². The largest absolute Gasteiger partial charge is 0.384 e. The van der Waals surface area contributed by atoms with Crippen LogP contribution in [-0.2, 0) is 0 Å². The molecule has 3 aromatic carbocycles. The van der Waals surface area contributed by atoms with Gasteiger partial charge in [0.1, 0.15) is 0 Å². The summed E-state index contributed by atoms with van der Waals surface area (Å²) in [5.74, 6) is 0. The molecule has 0 saturated carbocycles. The van der Waals surface area contributed by atoms with E-state index in [0.717, 1.165) is 17.6 Å². The number of hydrogen-bond acceptors (Lipinski definition) is 2. The molecule has 0 atom stereocenters. The van der Waals surface area contributed by atoms with Crippen molar-refractivity contribution in [3.05, 3.63) is 60.7 Å². The summed E-state index contributed by atoms with van der Waals surface area (Å²) >= 11 is 0. The fourth-order valence-electron chi connectivity index (χ4n) is 3.21. The normalized spacial score (nSPS) is 11.3. The Morgan fingerprint density at radius 2 is 1.61 bits per heavy atom. The van der Waals surface area contributed by atoms with Gasteiger partial charge in [-0.1, -0.05) is 67.9 Å². The lowest BCUT2D eigenvalue weighted by atomic mass is 10.0. The molecule has 0 aliphatic carbocycles. The Hall–Kier alpha value is -2.61. The number of anilines is 1. The Kier molecular flexibility index (Phi) is 3.58. The molecule has 0 bridgehead atoms. The van der Waals surface area contributed by atoms with Gasteiger partial charge in [-0.3, -0.25) is 0 Å². The van der Waals surface area contributed by atoms with E-state index in [-0.39, 0.29) is 0 Å². The van der Waals surface area contributed by atoms with Crippen LogP contribution in [0.4, 0.5) is 5.69 Å². The minimum absolute atomic E-state index is 0.992. The Balaban J connectivity index is 2.06. The minimum Gasteiger partial charge on any atom is -0.384 e. The summed E-state index contributed by atoms with van der Waals surface area (Å²) in [6.45, 7) is 3.21. The lowest BCUT2D eigenvalue weighted by Crippen LogP contribution is -2.03. The molecule has 0 spiro atoms. The maximum absolute atomic E-state index is 4.95. The predicted octanol–water partition coefficient (Wildman–Crippen LogP) is 5.75. The van der Waals surface area contributed by atoms with Crippen molar-refractivity contribution in [3.8, 4) is 0 Å². The number of fused-ring (bicyclic) bond motifs is 4. The maximum atomic E-state index is 4.95. The highest BCUT2D eigenvalue weighted by Crippen LogP contribution is 2.34. The van der Waals surface area contributed by atoms with Gasteiger partial charge in [-0.05, 0) is 17.9 Å². The first-order valence-electron chi connectivity index (χ1n) is 8.32. The van der Waals surface area contributed by atoms with Crippen LogP contribution in [0.3, 0.4) is 0 Å². The van der Waals surface area contributed by atoms with Crippen LogP contribution in [0.25, 0.3) is 32.6 Å². The molecule has 0 radical (unpaired) electrons. The van der Waals surface area contributed by atoms with E-state index in [9.17, 15) is 0 Å². The number of hydrogen-bond donors (Lipinski definition) is 1. The maximum Gasteiger partial charge on any atom is 0.0808 e. The van der Waals surface area contributed by atoms with Crippen LogP contribution in [0.2, 0.25) is 0 Å². The highest BCUT2D eigenvalue weighted by atomic mass is 14.9. The molecule has 0 aliphatic heterocycles. The first-order chi connectivity index (χ1) is 11.4. The van der Waals surface area contributed by atoms with E-state index in [0.29, 0.717) is 0 Å². The molecule has 23 heavy (non-hydrogen) atoms. The van der Waals surface area contributed by atoms with Crippen molar-refractivity contribution in [2.24, 2.45) is 0 Å². The molecule has 0 unspecified atom stereocenters. The topological polar surface area (TPSA) is 24.9 Å². The third-order valence-corrected chi connectivity index (χ3v) is 4.41. The van der Waals surface area contributed by atoms with E-state index < -0.39 is 0 Å². The lowest BCUT2D eigenvalue weighted by Gasteiger charge is -2.14. The van der Waals surface area contributed by atoms with Crippen LogP contribution in [-0.4, -0.2) is 11.5 Å². The Morgan fingerprint density at radius 3 is 2.48 bits per heavy atom. The van der Waals surface area contributed by atoms with Gasteiger partial charge in [-0.15, -0.1) is 0 Å². The number of pyridine rings is 1. The number of aromatic nitrogens is 1. The van der Waals surface area contributed by atoms with Crippen molar-refractivity contribution in [1.29, 1.82) is 0 Å². The van der Waals surface area contributed by atoms with E-state index in [2.05, 4.69) is 72.9 Å². The molecule has 0 aliphatic rings. The molecule has 2 heteroatoms. The summed E-state index contributed by atoms with van der Waals surface area (Å²) < 4.78 is 0. The smallest absolute Gasteiger partial charge is 0.0808 e. The zero-order valence-corrected chi connectivity index (χ0v) is 13.3. The van der Waals surface area contributed by atoms with Crippen LogP contribution >= 0.6 is 0 Å². The molecule has 114 valence electrons. The second kappa shape index (κ2) is 5.88. The number of benzene rings is 3. The molecule has 1 aromatic heterocycles. The van der Waals surface area contributed by atoms with Crippen molar-refractivity contribution < 1.29 is 0 Å². The van der Waals surface area contributed by atoms with Crippen molar-refractivity contribution in [2.45, 2.75) is 19.8 Å². The zero-order chi connectivity index (χ0) is 15.6. The quantitative estimate of drug-likeness (QED) is 0.295. The average Bonchev–Trinajstić information content (AvgIpc) is 2.61. The summed E-state index contributed by atoms with van der Waals surface area (Å²) in [5.41, 5.74) is 3.35. The van der Waals surface area contributed by atoms with Crippen molar-refractivity contribution in [1.82, 2.24) is 4.98 Å². The first kappa shape index (κ1) is 14.0. The third-order valence-electron chi connectivity index (χ3n) is 4.41. The van der Waals surface area contributed by atoms with Crippen molar-refractivity contribution >= 4 is 38.3 Å². The standard InChI is InChI=1S/C21H20N2/c1-2-3-14-22-20-17-10-6-7-11-19(17)23-21-16-9-5-4-8-15(16)12-13-18(20)21/h4-13H,2-3,14H2,1H3,(H,22,23). The van der Waals surface area contributed by atoms with Gasteiger partial charge in [0, 0.05) is 22.7 Å². The fraction of sp³-hybridized carbons (Fsp3) is 0.190. The van der Waals surface area contributed by atoms with Gasteiger partial charge >= 0.3 is 0 Å². The molecule has 1 heterocycles. The van der Waals surface area contributed by atoms with E-state index >= 15 is 0 Å². The third kappa shape index (κ3) is 2.40. The zero-order valence-electron chi connectivity index (χ0n) is 13.3. The van der Waals surface area contributed by atoms with Crippen LogP contribution in [0.5, 0.6) is 0 Å². The molecule has 0 saturated heterocycles. The van der Waals surface area contributed by atoms with Crippen molar-refractivity contribution in [2.75, 3.05) is 11.9 Å². The van der Waals surface area contributed by atoms with Gasteiger partial charge in [0.15, 0.2) is 0 Å². The number of nitrogens with one attached hydrogen (secondary N) is 1. The second-order valence-electron chi connectivity index (χ2n) is 5.97. The number of unbranched alkanes of at least 4 members (excludes halogenated alkanes) is 1. The first-order valence-corrected chi connectivity index (χ1v) is 8.32. The summed E-state index contributed by atoms with van der Waals surface area (Å²) in [6.07, 6.45) is 2.36. The minimum atomic E-state index is 0.992. The lowest BCUT2D eigenvalue weighted by molar-refractivity contribution is 0.835. The molecular weight excluding hydrogens is 280 g/mol. The molecule has 0 amide bonds.